The number of fused-ring (bicyclic) bond motifs is 1. The molecule has 0 radical (unpaired) electrons. The Kier molecular flexibility index (Phi) is 5.19. The number of rotatable bonds is 6. The molecule has 2 unspecified atom stereocenters. The van der Waals surface area contributed by atoms with Gasteiger partial charge >= 0.3 is 0 Å². The summed E-state index contributed by atoms with van der Waals surface area (Å²) in [6, 6.07) is 2.49. The lowest BCUT2D eigenvalue weighted by atomic mass is 10.0. The van der Waals surface area contributed by atoms with Crippen molar-refractivity contribution < 1.29 is 18.6 Å². The molecule has 2 atom stereocenters. The first-order valence-corrected chi connectivity index (χ1v) is 10.4. The van der Waals surface area contributed by atoms with Gasteiger partial charge < -0.3 is 20.5 Å². The highest BCUT2D eigenvalue weighted by Gasteiger charge is 2.30. The van der Waals surface area contributed by atoms with Crippen LogP contribution in [0.3, 0.4) is 0 Å². The van der Waals surface area contributed by atoms with E-state index in [4.69, 9.17) is 4.74 Å². The molecule has 3 N–H and O–H groups in total. The Bertz CT molecular complexity index is 1120. The van der Waals surface area contributed by atoms with E-state index in [1.807, 2.05) is 0 Å². The van der Waals surface area contributed by atoms with E-state index in [-0.39, 0.29) is 17.1 Å². The molecule has 2 aliphatic rings. The minimum Gasteiger partial charge on any atom is -0.495 e. The van der Waals surface area contributed by atoms with E-state index in [2.05, 4.69) is 25.7 Å². The number of methoxy groups -OCH3 is 1. The Morgan fingerprint density at radius 1 is 1.32 bits per heavy atom. The summed E-state index contributed by atoms with van der Waals surface area (Å²) in [5.74, 6) is 0.626. The maximum atomic E-state index is 15.0. The van der Waals surface area contributed by atoms with Gasteiger partial charge in [-0.15, -0.1) is 0 Å². The van der Waals surface area contributed by atoms with E-state index in [0.717, 1.165) is 18.5 Å². The molecule has 2 fully saturated rings. The number of pyridine rings is 1. The number of hydrogen-bond acceptors (Lipinski definition) is 7. The summed E-state index contributed by atoms with van der Waals surface area (Å²) in [4.78, 5) is 8.76. The maximum Gasteiger partial charge on any atom is 0.157 e. The molecular weight excluding hydrogens is 406 g/mol. The number of ether oxygens (including phenoxy) is 1. The van der Waals surface area contributed by atoms with Gasteiger partial charge in [0.25, 0.3) is 0 Å². The minimum absolute atomic E-state index is 0.0331. The summed E-state index contributed by atoms with van der Waals surface area (Å²) in [5, 5.41) is 20.5. The van der Waals surface area contributed by atoms with Crippen molar-refractivity contribution in [1.82, 2.24) is 24.9 Å². The normalized spacial score (nSPS) is 21.4. The highest BCUT2D eigenvalue weighted by atomic mass is 19.1. The number of hydrogen-bond donors (Lipinski definition) is 3. The molecule has 8 nitrogen and oxygen atoms in total. The highest BCUT2D eigenvalue weighted by molar-refractivity contribution is 5.64. The summed E-state index contributed by atoms with van der Waals surface area (Å²) in [6.45, 7) is 0.606. The minimum atomic E-state index is -1.06. The van der Waals surface area contributed by atoms with Gasteiger partial charge in [-0.2, -0.15) is 5.10 Å². The molecule has 0 amide bonds. The van der Waals surface area contributed by atoms with Crippen molar-refractivity contribution >= 4 is 11.5 Å². The molecule has 3 aromatic rings. The number of aromatic nitrogens is 4. The number of aliphatic hydroxyl groups is 1. The second-order valence-corrected chi connectivity index (χ2v) is 8.03. The van der Waals surface area contributed by atoms with Crippen LogP contribution in [0, 0.1) is 5.82 Å². The topological polar surface area (TPSA) is 96.6 Å². The van der Waals surface area contributed by atoms with Gasteiger partial charge in [-0.25, -0.2) is 23.3 Å². The van der Waals surface area contributed by atoms with Gasteiger partial charge in [0.15, 0.2) is 11.5 Å². The molecule has 1 saturated carbocycles. The monoisotopic (exact) mass is 430 g/mol. The first kappa shape index (κ1) is 20.1. The summed E-state index contributed by atoms with van der Waals surface area (Å²) in [5.41, 5.74) is 2.00. The molecule has 1 aliphatic carbocycles. The molecule has 5 rings (SSSR count). The van der Waals surface area contributed by atoms with Gasteiger partial charge in [0.05, 0.1) is 26.0 Å². The van der Waals surface area contributed by atoms with Crippen LogP contribution in [-0.4, -0.2) is 57.1 Å². The lowest BCUT2D eigenvalue weighted by Gasteiger charge is -2.28. The van der Waals surface area contributed by atoms with Crippen LogP contribution in [-0.2, 0) is 6.61 Å². The summed E-state index contributed by atoms with van der Waals surface area (Å²) in [7, 11) is 1.59. The largest absolute Gasteiger partial charge is 0.495 e. The molecular formula is C21H24F2N6O2. The van der Waals surface area contributed by atoms with Crippen LogP contribution in [0.5, 0.6) is 5.75 Å². The lowest BCUT2D eigenvalue weighted by Crippen LogP contribution is -2.46. The van der Waals surface area contributed by atoms with E-state index in [1.54, 1.807) is 17.7 Å². The third-order valence-electron chi connectivity index (χ3n) is 5.86. The molecule has 164 valence electrons. The van der Waals surface area contributed by atoms with Crippen LogP contribution in [0.15, 0.2) is 18.3 Å². The van der Waals surface area contributed by atoms with E-state index in [9.17, 15) is 13.9 Å². The zero-order valence-electron chi connectivity index (χ0n) is 17.1. The number of nitrogens with one attached hydrogen (secondary N) is 2. The Morgan fingerprint density at radius 2 is 2.16 bits per heavy atom. The van der Waals surface area contributed by atoms with Gasteiger partial charge in [-0.1, -0.05) is 0 Å². The second-order valence-electron chi connectivity index (χ2n) is 8.03. The zero-order chi connectivity index (χ0) is 21.5. The number of aliphatic hydroxyl groups excluding tert-OH is 1. The Morgan fingerprint density at radius 3 is 2.87 bits per heavy atom. The number of imidazole rings is 1. The number of nitrogens with zero attached hydrogens (tertiary/aromatic N) is 4. The van der Waals surface area contributed by atoms with Crippen LogP contribution in [0.1, 0.15) is 36.4 Å². The molecule has 31 heavy (non-hydrogen) atoms. The van der Waals surface area contributed by atoms with Crippen LogP contribution < -0.4 is 15.4 Å². The fourth-order valence-corrected chi connectivity index (χ4v) is 3.97. The van der Waals surface area contributed by atoms with Crippen molar-refractivity contribution in [2.75, 3.05) is 25.5 Å². The van der Waals surface area contributed by atoms with Crippen molar-refractivity contribution in [2.45, 2.75) is 44.0 Å². The van der Waals surface area contributed by atoms with Crippen molar-refractivity contribution in [1.29, 1.82) is 0 Å². The SMILES string of the molecule is COc1cc2ncc(-c3nc(NC4CNCCC4F)c(CO)cc3F)n2nc1C1CC1. The summed E-state index contributed by atoms with van der Waals surface area (Å²) >= 11 is 0. The molecule has 0 spiro atoms. The first-order valence-electron chi connectivity index (χ1n) is 10.4. The number of anilines is 1. The number of alkyl halides is 1. The second kappa shape index (κ2) is 8.01. The smallest absolute Gasteiger partial charge is 0.157 e. The third kappa shape index (κ3) is 3.70. The van der Waals surface area contributed by atoms with E-state index < -0.39 is 24.6 Å². The summed E-state index contributed by atoms with van der Waals surface area (Å²) < 4.78 is 36.3. The molecule has 1 saturated heterocycles. The number of halogens is 2. The quantitative estimate of drug-likeness (QED) is 0.553. The van der Waals surface area contributed by atoms with Crippen LogP contribution >= 0.6 is 0 Å². The molecule has 3 aromatic heterocycles. The Balaban J connectivity index is 1.58. The fourth-order valence-electron chi connectivity index (χ4n) is 3.97. The Hall–Kier alpha value is -2.85. The molecule has 10 heteroatoms. The molecule has 0 bridgehead atoms. The molecule has 4 heterocycles. The van der Waals surface area contributed by atoms with Crippen molar-refractivity contribution in [2.24, 2.45) is 0 Å². The third-order valence-corrected chi connectivity index (χ3v) is 5.86. The van der Waals surface area contributed by atoms with Crippen LogP contribution in [0.25, 0.3) is 17.0 Å². The average molecular weight is 430 g/mol. The van der Waals surface area contributed by atoms with E-state index in [0.29, 0.717) is 42.5 Å². The highest BCUT2D eigenvalue weighted by Crippen LogP contribution is 2.43. The van der Waals surface area contributed by atoms with Gasteiger partial charge in [0, 0.05) is 24.1 Å². The van der Waals surface area contributed by atoms with Crippen molar-refractivity contribution in [3.8, 4) is 17.1 Å². The van der Waals surface area contributed by atoms with Gasteiger partial charge in [0.2, 0.25) is 0 Å². The Labute approximate surface area is 177 Å². The van der Waals surface area contributed by atoms with Crippen molar-refractivity contribution in [3.63, 3.8) is 0 Å². The summed E-state index contributed by atoms with van der Waals surface area (Å²) in [6.07, 6.45) is 2.89. The van der Waals surface area contributed by atoms with E-state index >= 15 is 0 Å². The van der Waals surface area contributed by atoms with Gasteiger partial charge in [-0.05, 0) is 31.9 Å². The van der Waals surface area contributed by atoms with Gasteiger partial charge in [-0.3, -0.25) is 0 Å². The fraction of sp³-hybridized carbons (Fsp3) is 0.476. The predicted molar refractivity (Wildman–Crippen MR) is 110 cm³/mol. The lowest BCUT2D eigenvalue weighted by molar-refractivity contribution is 0.240. The molecule has 0 aromatic carbocycles. The van der Waals surface area contributed by atoms with Crippen molar-refractivity contribution in [3.05, 3.63) is 35.4 Å². The maximum absolute atomic E-state index is 15.0. The standard InChI is InChI=1S/C21H24F2N6O2/c1-31-17-7-18-25-9-16(29(18)28-19(17)11-2-3-11)20-14(23)6-12(10-30)21(27-20)26-15-8-24-5-4-13(15)22/h6-7,9,11,13,15,24,30H,2-5,8,10H2,1H3,(H,26,27). The zero-order valence-corrected chi connectivity index (χ0v) is 17.1. The van der Waals surface area contributed by atoms with Crippen LogP contribution in [0.4, 0.5) is 14.6 Å². The van der Waals surface area contributed by atoms with Crippen LogP contribution in [0.2, 0.25) is 0 Å². The number of piperidine rings is 1. The predicted octanol–water partition coefficient (Wildman–Crippen LogP) is 2.42. The average Bonchev–Trinajstić information content (AvgIpc) is 3.55. The van der Waals surface area contributed by atoms with E-state index in [1.165, 1.54) is 12.3 Å². The first-order chi connectivity index (χ1) is 15.1. The van der Waals surface area contributed by atoms with Gasteiger partial charge in [0.1, 0.15) is 34.8 Å². The molecule has 1 aliphatic heterocycles.